The number of rotatable bonds is 7. The molecule has 0 bridgehead atoms. The Balaban J connectivity index is 3.15. The van der Waals surface area contributed by atoms with E-state index < -0.39 is 23.2 Å². The minimum absolute atomic E-state index is 0.226. The maximum atomic E-state index is 13.9. The largest absolute Gasteiger partial charge is 0.478 e. The number of methoxy groups -OCH3 is 1. The third kappa shape index (κ3) is 3.75. The van der Waals surface area contributed by atoms with E-state index in [0.29, 0.717) is 0 Å². The van der Waals surface area contributed by atoms with Gasteiger partial charge in [0.15, 0.2) is 0 Å². The molecule has 0 aliphatic rings. The number of halogens is 2. The lowest BCUT2D eigenvalue weighted by Gasteiger charge is -2.24. The van der Waals surface area contributed by atoms with Gasteiger partial charge in [0.1, 0.15) is 17.3 Å². The number of anilines is 1. The van der Waals surface area contributed by atoms with Gasteiger partial charge in [-0.05, 0) is 12.1 Å². The van der Waals surface area contributed by atoms with Crippen LogP contribution >= 0.6 is 0 Å². The Kier molecular flexibility index (Phi) is 5.44. The highest BCUT2D eigenvalue weighted by atomic mass is 19.1. The van der Waals surface area contributed by atoms with Gasteiger partial charge in [0.25, 0.3) is 0 Å². The van der Waals surface area contributed by atoms with Crippen LogP contribution in [0.3, 0.4) is 0 Å². The molecule has 1 aromatic rings. The summed E-state index contributed by atoms with van der Waals surface area (Å²) in [5.74, 6) is -3.22. The number of carboxylic acids is 1. The predicted octanol–water partition coefficient (Wildman–Crippen LogP) is 2.30. The van der Waals surface area contributed by atoms with Gasteiger partial charge in [0, 0.05) is 20.2 Å². The number of aromatic carboxylic acids is 1. The Morgan fingerprint density at radius 3 is 2.47 bits per heavy atom. The number of nitrogens with zero attached hydrogens (tertiary/aromatic N) is 1. The molecule has 1 N–H and O–H groups in total. The molecule has 0 fully saturated rings. The van der Waals surface area contributed by atoms with Crippen LogP contribution < -0.4 is 4.90 Å². The van der Waals surface area contributed by atoms with Crippen molar-refractivity contribution < 1.29 is 23.4 Å². The molecule has 0 radical (unpaired) electrons. The molecule has 0 aliphatic carbocycles. The van der Waals surface area contributed by atoms with Crippen molar-refractivity contribution in [3.05, 3.63) is 42.0 Å². The van der Waals surface area contributed by atoms with E-state index >= 15 is 0 Å². The van der Waals surface area contributed by atoms with E-state index in [1.807, 2.05) is 0 Å². The van der Waals surface area contributed by atoms with Crippen LogP contribution in [0, 0.1) is 11.6 Å². The quantitative estimate of drug-likeness (QED) is 0.773. The molecule has 0 spiro atoms. The summed E-state index contributed by atoms with van der Waals surface area (Å²) in [6, 6.07) is 1.59. The summed E-state index contributed by atoms with van der Waals surface area (Å²) < 4.78 is 32.6. The maximum absolute atomic E-state index is 13.9. The first-order valence-electron chi connectivity index (χ1n) is 5.58. The zero-order valence-corrected chi connectivity index (χ0v) is 10.5. The SMILES string of the molecule is C=CCN(CCOC)c1c(F)cc(C(=O)O)cc1F. The molecule has 1 rings (SSSR count). The number of carboxylic acid groups (broad SMARTS) is 1. The Labute approximate surface area is 109 Å². The van der Waals surface area contributed by atoms with E-state index in [0.717, 1.165) is 12.1 Å². The fourth-order valence-electron chi connectivity index (χ4n) is 1.64. The van der Waals surface area contributed by atoms with Gasteiger partial charge in [-0.1, -0.05) is 6.08 Å². The van der Waals surface area contributed by atoms with E-state index in [2.05, 4.69) is 6.58 Å². The van der Waals surface area contributed by atoms with Crippen LogP contribution in [0.1, 0.15) is 10.4 Å². The van der Waals surface area contributed by atoms with Crippen LogP contribution in [-0.2, 0) is 4.74 Å². The van der Waals surface area contributed by atoms with E-state index in [1.54, 1.807) is 0 Å². The second kappa shape index (κ2) is 6.84. The molecule has 4 nitrogen and oxygen atoms in total. The molecular weight excluding hydrogens is 256 g/mol. The lowest BCUT2D eigenvalue weighted by Crippen LogP contribution is -2.29. The summed E-state index contributed by atoms with van der Waals surface area (Å²) in [6.45, 7) is 4.30. The first kappa shape index (κ1) is 15.1. The Morgan fingerprint density at radius 1 is 1.47 bits per heavy atom. The van der Waals surface area contributed by atoms with Crippen molar-refractivity contribution in [3.63, 3.8) is 0 Å². The first-order chi connectivity index (χ1) is 9.01. The van der Waals surface area contributed by atoms with E-state index in [4.69, 9.17) is 9.84 Å². The van der Waals surface area contributed by atoms with Crippen molar-refractivity contribution in [2.45, 2.75) is 0 Å². The van der Waals surface area contributed by atoms with Crippen LogP contribution in [0.25, 0.3) is 0 Å². The van der Waals surface area contributed by atoms with Crippen LogP contribution in [-0.4, -0.2) is 37.9 Å². The summed E-state index contributed by atoms with van der Waals surface area (Å²) in [6.07, 6.45) is 1.50. The second-order valence-corrected chi connectivity index (χ2v) is 3.82. The Bertz CT molecular complexity index is 454. The smallest absolute Gasteiger partial charge is 0.335 e. The number of benzene rings is 1. The van der Waals surface area contributed by atoms with E-state index in [9.17, 15) is 13.6 Å². The summed E-state index contributed by atoms with van der Waals surface area (Å²) in [5.41, 5.74) is -0.703. The maximum Gasteiger partial charge on any atom is 0.335 e. The molecule has 0 atom stereocenters. The zero-order valence-electron chi connectivity index (χ0n) is 10.5. The minimum Gasteiger partial charge on any atom is -0.478 e. The molecule has 6 heteroatoms. The lowest BCUT2D eigenvalue weighted by atomic mass is 10.1. The monoisotopic (exact) mass is 271 g/mol. The predicted molar refractivity (Wildman–Crippen MR) is 67.6 cm³/mol. The van der Waals surface area contributed by atoms with E-state index in [1.165, 1.54) is 18.1 Å². The lowest BCUT2D eigenvalue weighted by molar-refractivity contribution is 0.0695. The fraction of sp³-hybridized carbons (Fsp3) is 0.308. The van der Waals surface area contributed by atoms with E-state index in [-0.39, 0.29) is 25.4 Å². The highest BCUT2D eigenvalue weighted by molar-refractivity contribution is 5.88. The molecule has 0 saturated carbocycles. The van der Waals surface area contributed by atoms with Crippen molar-refractivity contribution in [1.82, 2.24) is 0 Å². The van der Waals surface area contributed by atoms with Gasteiger partial charge in [0.2, 0.25) is 0 Å². The number of ether oxygens (including phenoxy) is 1. The summed E-state index contributed by atoms with van der Waals surface area (Å²) >= 11 is 0. The molecule has 0 amide bonds. The molecule has 0 aliphatic heterocycles. The third-order valence-corrected chi connectivity index (χ3v) is 2.49. The van der Waals surface area contributed by atoms with Crippen LogP contribution in [0.4, 0.5) is 14.5 Å². The van der Waals surface area contributed by atoms with Crippen molar-refractivity contribution in [3.8, 4) is 0 Å². The fourth-order valence-corrected chi connectivity index (χ4v) is 1.64. The Hall–Kier alpha value is -1.95. The zero-order chi connectivity index (χ0) is 14.4. The van der Waals surface area contributed by atoms with Gasteiger partial charge in [-0.2, -0.15) is 0 Å². The number of carbonyl (C=O) groups is 1. The second-order valence-electron chi connectivity index (χ2n) is 3.82. The third-order valence-electron chi connectivity index (χ3n) is 2.49. The molecule has 0 saturated heterocycles. The average molecular weight is 271 g/mol. The standard InChI is InChI=1S/C13H15F2NO3/c1-3-4-16(5-6-19-2)12-10(14)7-9(13(17)18)8-11(12)15/h3,7-8H,1,4-6H2,2H3,(H,17,18). The molecule has 104 valence electrons. The molecule has 0 heterocycles. The Morgan fingerprint density at radius 2 is 2.05 bits per heavy atom. The normalized spacial score (nSPS) is 10.3. The number of hydrogen-bond acceptors (Lipinski definition) is 3. The van der Waals surface area contributed by atoms with Gasteiger partial charge in [-0.25, -0.2) is 13.6 Å². The highest BCUT2D eigenvalue weighted by Gasteiger charge is 2.19. The molecule has 0 unspecified atom stereocenters. The summed E-state index contributed by atoms with van der Waals surface area (Å²) in [7, 11) is 1.48. The summed E-state index contributed by atoms with van der Waals surface area (Å²) in [4.78, 5) is 12.1. The molecule has 0 aromatic heterocycles. The first-order valence-corrected chi connectivity index (χ1v) is 5.58. The topological polar surface area (TPSA) is 49.8 Å². The van der Waals surface area contributed by atoms with Crippen LogP contribution in [0.2, 0.25) is 0 Å². The van der Waals surface area contributed by atoms with Gasteiger partial charge in [-0.3, -0.25) is 0 Å². The van der Waals surface area contributed by atoms with Gasteiger partial charge >= 0.3 is 5.97 Å². The highest BCUT2D eigenvalue weighted by Crippen LogP contribution is 2.25. The molecule has 1 aromatic carbocycles. The van der Waals surface area contributed by atoms with Gasteiger partial charge in [0.05, 0.1) is 12.2 Å². The van der Waals surface area contributed by atoms with Crippen LogP contribution in [0.5, 0.6) is 0 Å². The molecular formula is C13H15F2NO3. The van der Waals surface area contributed by atoms with Crippen molar-refractivity contribution in [2.24, 2.45) is 0 Å². The minimum atomic E-state index is -1.38. The van der Waals surface area contributed by atoms with Gasteiger partial charge < -0.3 is 14.7 Å². The van der Waals surface area contributed by atoms with Crippen molar-refractivity contribution >= 4 is 11.7 Å². The van der Waals surface area contributed by atoms with Crippen molar-refractivity contribution in [1.29, 1.82) is 0 Å². The van der Waals surface area contributed by atoms with Crippen LogP contribution in [0.15, 0.2) is 24.8 Å². The molecule has 19 heavy (non-hydrogen) atoms. The van der Waals surface area contributed by atoms with Crippen molar-refractivity contribution in [2.75, 3.05) is 31.7 Å². The number of hydrogen-bond donors (Lipinski definition) is 1. The van der Waals surface area contributed by atoms with Gasteiger partial charge in [-0.15, -0.1) is 6.58 Å². The average Bonchev–Trinajstić information content (AvgIpc) is 2.34. The summed E-state index contributed by atoms with van der Waals surface area (Å²) in [5, 5.41) is 8.72.